The molecule has 0 amide bonds. The van der Waals surface area contributed by atoms with E-state index in [1.54, 1.807) is 19.2 Å². The molecule has 2 N–H and O–H groups in total. The van der Waals surface area contributed by atoms with Crippen molar-refractivity contribution >= 4 is 5.69 Å². The molecule has 4 heteroatoms. The Labute approximate surface area is 115 Å². The summed E-state index contributed by atoms with van der Waals surface area (Å²) in [6.07, 6.45) is 3.57. The molecule has 1 fully saturated rings. The largest absolute Gasteiger partial charge is 0.504 e. The van der Waals surface area contributed by atoms with E-state index in [4.69, 9.17) is 4.74 Å². The monoisotopic (exact) mass is 264 g/mol. The summed E-state index contributed by atoms with van der Waals surface area (Å²) >= 11 is 0. The van der Waals surface area contributed by atoms with E-state index < -0.39 is 0 Å². The molecule has 1 unspecified atom stereocenters. The Hall–Kier alpha value is -1.42. The van der Waals surface area contributed by atoms with E-state index in [1.165, 1.54) is 19.4 Å². The second-order valence-electron chi connectivity index (χ2n) is 5.09. The number of nitrogens with one attached hydrogen (secondary N) is 1. The number of phenols is 1. The summed E-state index contributed by atoms with van der Waals surface area (Å²) in [6.45, 7) is 5.70. The van der Waals surface area contributed by atoms with Gasteiger partial charge in [-0.15, -0.1) is 0 Å². The van der Waals surface area contributed by atoms with Gasteiger partial charge in [-0.2, -0.15) is 0 Å². The number of hydrogen-bond donors (Lipinski definition) is 2. The molecule has 0 radical (unpaired) electrons. The number of nitrogens with zero attached hydrogens (tertiary/aromatic N) is 1. The molecule has 2 rings (SSSR count). The SMILES string of the molecule is CCN1CCCC(Nc2ccc(OC)c(O)c2)CC1. The Morgan fingerprint density at radius 2 is 2.21 bits per heavy atom. The van der Waals surface area contributed by atoms with Gasteiger partial charge < -0.3 is 20.1 Å². The number of hydrogen-bond acceptors (Lipinski definition) is 4. The number of benzene rings is 1. The van der Waals surface area contributed by atoms with Crippen molar-refractivity contribution in [3.05, 3.63) is 18.2 Å². The minimum absolute atomic E-state index is 0.191. The molecule has 1 saturated heterocycles. The van der Waals surface area contributed by atoms with Gasteiger partial charge in [0, 0.05) is 24.3 Å². The van der Waals surface area contributed by atoms with Gasteiger partial charge in [-0.1, -0.05) is 6.92 Å². The van der Waals surface area contributed by atoms with E-state index in [2.05, 4.69) is 17.1 Å². The minimum atomic E-state index is 0.191. The van der Waals surface area contributed by atoms with Crippen molar-refractivity contribution in [3.63, 3.8) is 0 Å². The molecule has 0 aliphatic carbocycles. The third-order valence-electron chi connectivity index (χ3n) is 3.82. The molecule has 0 spiro atoms. The average Bonchev–Trinajstić information content (AvgIpc) is 2.64. The molecule has 1 aliphatic heterocycles. The maximum absolute atomic E-state index is 9.78. The molecule has 1 atom stereocenters. The summed E-state index contributed by atoms with van der Waals surface area (Å²) < 4.78 is 5.05. The Morgan fingerprint density at radius 1 is 1.37 bits per heavy atom. The lowest BCUT2D eigenvalue weighted by Gasteiger charge is -2.19. The van der Waals surface area contributed by atoms with Gasteiger partial charge in [-0.3, -0.25) is 0 Å². The first-order chi connectivity index (χ1) is 9.22. The van der Waals surface area contributed by atoms with Crippen molar-refractivity contribution in [1.29, 1.82) is 0 Å². The summed E-state index contributed by atoms with van der Waals surface area (Å²) in [5.74, 6) is 0.708. The highest BCUT2D eigenvalue weighted by Crippen LogP contribution is 2.29. The molecular formula is C15H24N2O2. The van der Waals surface area contributed by atoms with Gasteiger partial charge in [0.15, 0.2) is 11.5 Å². The number of anilines is 1. The van der Waals surface area contributed by atoms with Gasteiger partial charge in [0.1, 0.15) is 0 Å². The summed E-state index contributed by atoms with van der Waals surface area (Å²) in [7, 11) is 1.56. The molecule has 0 bridgehead atoms. The van der Waals surface area contributed by atoms with Crippen LogP contribution in [-0.4, -0.2) is 42.8 Å². The second-order valence-corrected chi connectivity index (χ2v) is 5.09. The van der Waals surface area contributed by atoms with Gasteiger partial charge in [-0.25, -0.2) is 0 Å². The first kappa shape index (κ1) is 14.0. The van der Waals surface area contributed by atoms with Crippen LogP contribution in [0.15, 0.2) is 18.2 Å². The fourth-order valence-electron chi connectivity index (χ4n) is 2.63. The zero-order valence-corrected chi connectivity index (χ0v) is 11.9. The van der Waals surface area contributed by atoms with E-state index in [1.807, 2.05) is 6.07 Å². The maximum atomic E-state index is 9.78. The molecule has 4 nitrogen and oxygen atoms in total. The Morgan fingerprint density at radius 3 is 2.89 bits per heavy atom. The fraction of sp³-hybridized carbons (Fsp3) is 0.600. The number of methoxy groups -OCH3 is 1. The van der Waals surface area contributed by atoms with Gasteiger partial charge in [0.25, 0.3) is 0 Å². The van der Waals surface area contributed by atoms with Crippen molar-refractivity contribution in [2.45, 2.75) is 32.2 Å². The van der Waals surface area contributed by atoms with Crippen LogP contribution in [0.1, 0.15) is 26.2 Å². The van der Waals surface area contributed by atoms with Crippen molar-refractivity contribution < 1.29 is 9.84 Å². The second kappa shape index (κ2) is 6.66. The van der Waals surface area contributed by atoms with Gasteiger partial charge in [0.2, 0.25) is 0 Å². The van der Waals surface area contributed by atoms with Crippen LogP contribution >= 0.6 is 0 Å². The topological polar surface area (TPSA) is 44.7 Å². The molecule has 0 aromatic heterocycles. The third-order valence-corrected chi connectivity index (χ3v) is 3.82. The van der Waals surface area contributed by atoms with Gasteiger partial charge in [0.05, 0.1) is 7.11 Å². The minimum Gasteiger partial charge on any atom is -0.504 e. The molecule has 0 saturated carbocycles. The Kier molecular flexibility index (Phi) is 4.91. The van der Waals surface area contributed by atoms with Crippen LogP contribution in [0.2, 0.25) is 0 Å². The summed E-state index contributed by atoms with van der Waals surface area (Å²) in [4.78, 5) is 2.49. The van der Waals surface area contributed by atoms with Crippen LogP contribution in [0.4, 0.5) is 5.69 Å². The zero-order chi connectivity index (χ0) is 13.7. The highest BCUT2D eigenvalue weighted by molar-refractivity contribution is 5.54. The van der Waals surface area contributed by atoms with E-state index in [0.29, 0.717) is 11.8 Å². The predicted octanol–water partition coefficient (Wildman–Crippen LogP) is 2.69. The van der Waals surface area contributed by atoms with Crippen LogP contribution in [0.5, 0.6) is 11.5 Å². The standard InChI is InChI=1S/C15H24N2O2/c1-3-17-9-4-5-12(8-10-17)16-13-6-7-15(19-2)14(18)11-13/h6-7,11-12,16,18H,3-5,8-10H2,1-2H3. The van der Waals surface area contributed by atoms with Gasteiger partial charge >= 0.3 is 0 Å². The molecule has 106 valence electrons. The number of ether oxygens (including phenoxy) is 1. The fourth-order valence-corrected chi connectivity index (χ4v) is 2.63. The lowest BCUT2D eigenvalue weighted by Crippen LogP contribution is -2.26. The molecule has 1 aromatic carbocycles. The van der Waals surface area contributed by atoms with E-state index in [0.717, 1.165) is 25.2 Å². The van der Waals surface area contributed by atoms with E-state index in [9.17, 15) is 5.11 Å². The van der Waals surface area contributed by atoms with Crippen molar-refractivity contribution in [2.75, 3.05) is 32.1 Å². The summed E-state index contributed by atoms with van der Waals surface area (Å²) in [5, 5.41) is 13.3. The first-order valence-electron chi connectivity index (χ1n) is 7.08. The van der Waals surface area contributed by atoms with E-state index >= 15 is 0 Å². The lowest BCUT2D eigenvalue weighted by atomic mass is 10.1. The van der Waals surface area contributed by atoms with Crippen LogP contribution in [0.25, 0.3) is 0 Å². The van der Waals surface area contributed by atoms with Crippen LogP contribution in [-0.2, 0) is 0 Å². The third kappa shape index (κ3) is 3.77. The summed E-state index contributed by atoms with van der Waals surface area (Å²) in [6, 6.07) is 5.99. The predicted molar refractivity (Wildman–Crippen MR) is 78.0 cm³/mol. The quantitative estimate of drug-likeness (QED) is 0.877. The highest BCUT2D eigenvalue weighted by atomic mass is 16.5. The van der Waals surface area contributed by atoms with E-state index in [-0.39, 0.29) is 5.75 Å². The molecule has 19 heavy (non-hydrogen) atoms. The maximum Gasteiger partial charge on any atom is 0.160 e. The average molecular weight is 264 g/mol. The summed E-state index contributed by atoms with van der Waals surface area (Å²) in [5.41, 5.74) is 0.966. The van der Waals surface area contributed by atoms with Crippen LogP contribution in [0, 0.1) is 0 Å². The van der Waals surface area contributed by atoms with Crippen molar-refractivity contribution in [2.24, 2.45) is 0 Å². The highest BCUT2D eigenvalue weighted by Gasteiger charge is 2.16. The molecule has 1 heterocycles. The molecule has 1 aromatic rings. The Bertz CT molecular complexity index is 409. The number of aromatic hydroxyl groups is 1. The smallest absolute Gasteiger partial charge is 0.160 e. The Balaban J connectivity index is 1.95. The normalized spacial score (nSPS) is 20.8. The lowest BCUT2D eigenvalue weighted by molar-refractivity contribution is 0.300. The molecular weight excluding hydrogens is 240 g/mol. The number of phenolic OH excluding ortho intramolecular Hbond substituents is 1. The van der Waals surface area contributed by atoms with Crippen LogP contribution in [0.3, 0.4) is 0 Å². The number of likely N-dealkylation sites (tertiary alicyclic amines) is 1. The first-order valence-corrected chi connectivity index (χ1v) is 7.08. The van der Waals surface area contributed by atoms with Crippen molar-refractivity contribution in [1.82, 2.24) is 4.90 Å². The van der Waals surface area contributed by atoms with Gasteiger partial charge in [-0.05, 0) is 44.5 Å². The number of rotatable bonds is 4. The molecule has 1 aliphatic rings. The van der Waals surface area contributed by atoms with Crippen molar-refractivity contribution in [3.8, 4) is 11.5 Å². The van der Waals surface area contributed by atoms with Crippen LogP contribution < -0.4 is 10.1 Å². The zero-order valence-electron chi connectivity index (χ0n) is 11.9.